The van der Waals surface area contributed by atoms with E-state index in [2.05, 4.69) is 26.0 Å². The molecule has 2 aromatic carbocycles. The number of ether oxygens (including phenoxy) is 2. The zero-order chi connectivity index (χ0) is 20.5. The third-order valence-corrected chi connectivity index (χ3v) is 5.25. The van der Waals surface area contributed by atoms with Gasteiger partial charge in [0.15, 0.2) is 0 Å². The first kappa shape index (κ1) is 21.8. The van der Waals surface area contributed by atoms with Crippen molar-refractivity contribution >= 4 is 5.91 Å². The lowest BCUT2D eigenvalue weighted by Crippen LogP contribution is -2.32. The number of nitrogens with zero attached hydrogens (tertiary/aromatic N) is 1. The van der Waals surface area contributed by atoms with Crippen LogP contribution < -0.4 is 9.47 Å². The fourth-order valence-electron chi connectivity index (χ4n) is 3.50. The van der Waals surface area contributed by atoms with E-state index in [0.717, 1.165) is 30.0 Å². The van der Waals surface area contributed by atoms with Crippen molar-refractivity contribution in [3.05, 3.63) is 59.7 Å². The minimum Gasteiger partial charge on any atom is -0.497 e. The number of amides is 1. The Kier molecular flexibility index (Phi) is 8.37. The molecule has 0 aromatic heterocycles. The van der Waals surface area contributed by atoms with Gasteiger partial charge in [0, 0.05) is 19.5 Å². The Balaban J connectivity index is 2.09. The normalized spacial score (nSPS) is 11.9. The first-order chi connectivity index (χ1) is 13.5. The van der Waals surface area contributed by atoms with Crippen molar-refractivity contribution in [1.82, 2.24) is 4.90 Å². The maximum Gasteiger partial charge on any atom is 0.222 e. The fraction of sp³-hybridized carbons (Fsp3) is 0.458. The highest BCUT2D eigenvalue weighted by molar-refractivity contribution is 5.75. The average molecular weight is 384 g/mol. The molecule has 2 rings (SSSR count). The molecule has 1 amide bonds. The highest BCUT2D eigenvalue weighted by atomic mass is 16.5. The van der Waals surface area contributed by atoms with Gasteiger partial charge in [0.25, 0.3) is 0 Å². The Labute approximate surface area is 169 Å². The van der Waals surface area contributed by atoms with Crippen molar-refractivity contribution in [2.45, 2.75) is 46.1 Å². The van der Waals surface area contributed by atoms with Crippen molar-refractivity contribution < 1.29 is 14.3 Å². The van der Waals surface area contributed by atoms with Crippen LogP contribution in [0, 0.1) is 5.92 Å². The van der Waals surface area contributed by atoms with Crippen LogP contribution in [0.3, 0.4) is 0 Å². The molecule has 2 aromatic rings. The zero-order valence-corrected chi connectivity index (χ0v) is 17.8. The SMILES string of the molecule is CCC(=O)N(CCC(c1ccc(OC)cc1)C(C)C)Cc1ccc(OC)cc1. The summed E-state index contributed by atoms with van der Waals surface area (Å²) in [5.41, 5.74) is 2.41. The van der Waals surface area contributed by atoms with Crippen molar-refractivity contribution in [1.29, 1.82) is 0 Å². The summed E-state index contributed by atoms with van der Waals surface area (Å²) in [6, 6.07) is 16.2. The molecule has 4 heteroatoms. The van der Waals surface area contributed by atoms with Gasteiger partial charge < -0.3 is 14.4 Å². The molecule has 0 spiro atoms. The molecule has 0 saturated carbocycles. The predicted octanol–water partition coefficient (Wildman–Crippen LogP) is 5.27. The summed E-state index contributed by atoms with van der Waals surface area (Å²) in [6.45, 7) is 7.78. The van der Waals surface area contributed by atoms with Gasteiger partial charge in [-0.25, -0.2) is 0 Å². The third-order valence-electron chi connectivity index (χ3n) is 5.25. The van der Waals surface area contributed by atoms with E-state index < -0.39 is 0 Å². The quantitative estimate of drug-likeness (QED) is 0.561. The molecule has 0 aliphatic heterocycles. The topological polar surface area (TPSA) is 38.8 Å². The van der Waals surface area contributed by atoms with Crippen molar-refractivity contribution in [2.24, 2.45) is 5.92 Å². The van der Waals surface area contributed by atoms with E-state index in [-0.39, 0.29) is 5.91 Å². The molecule has 0 aliphatic carbocycles. The molecule has 0 saturated heterocycles. The lowest BCUT2D eigenvalue weighted by molar-refractivity contribution is -0.131. The second kappa shape index (κ2) is 10.7. The van der Waals surface area contributed by atoms with Crippen LogP contribution in [0.1, 0.15) is 50.7 Å². The number of rotatable bonds is 10. The second-order valence-electron chi connectivity index (χ2n) is 7.43. The molecule has 0 radical (unpaired) electrons. The maximum atomic E-state index is 12.5. The minimum absolute atomic E-state index is 0.188. The first-order valence-corrected chi connectivity index (χ1v) is 10.0. The van der Waals surface area contributed by atoms with E-state index in [4.69, 9.17) is 9.47 Å². The van der Waals surface area contributed by atoms with Crippen LogP contribution in [0.4, 0.5) is 0 Å². The minimum atomic E-state index is 0.188. The van der Waals surface area contributed by atoms with E-state index in [1.807, 2.05) is 48.2 Å². The summed E-state index contributed by atoms with van der Waals surface area (Å²) in [6.07, 6.45) is 1.46. The Hall–Kier alpha value is -2.49. The Morgan fingerprint density at radius 1 is 0.929 bits per heavy atom. The zero-order valence-electron chi connectivity index (χ0n) is 17.8. The Bertz CT molecular complexity index is 723. The molecule has 0 heterocycles. The Morgan fingerprint density at radius 3 is 1.93 bits per heavy atom. The van der Waals surface area contributed by atoms with E-state index in [0.29, 0.717) is 24.8 Å². The highest BCUT2D eigenvalue weighted by Crippen LogP contribution is 2.30. The largest absolute Gasteiger partial charge is 0.497 e. The molecular formula is C24H33NO3. The number of carbonyl (C=O) groups excluding carboxylic acids is 1. The van der Waals surface area contributed by atoms with Crippen LogP contribution in [0.5, 0.6) is 11.5 Å². The van der Waals surface area contributed by atoms with Crippen LogP contribution in [-0.2, 0) is 11.3 Å². The number of hydrogen-bond donors (Lipinski definition) is 0. The van der Waals surface area contributed by atoms with Gasteiger partial charge >= 0.3 is 0 Å². The lowest BCUT2D eigenvalue weighted by Gasteiger charge is -2.27. The smallest absolute Gasteiger partial charge is 0.222 e. The van der Waals surface area contributed by atoms with Gasteiger partial charge in [-0.1, -0.05) is 45.0 Å². The summed E-state index contributed by atoms with van der Waals surface area (Å²) in [5.74, 6) is 2.78. The summed E-state index contributed by atoms with van der Waals surface area (Å²) in [7, 11) is 3.34. The van der Waals surface area contributed by atoms with Crippen molar-refractivity contribution in [2.75, 3.05) is 20.8 Å². The van der Waals surface area contributed by atoms with Gasteiger partial charge in [0.2, 0.25) is 5.91 Å². The van der Waals surface area contributed by atoms with E-state index in [1.165, 1.54) is 5.56 Å². The number of hydrogen-bond acceptors (Lipinski definition) is 3. The van der Waals surface area contributed by atoms with Gasteiger partial charge in [-0.2, -0.15) is 0 Å². The van der Waals surface area contributed by atoms with Gasteiger partial charge in [-0.3, -0.25) is 4.79 Å². The number of benzene rings is 2. The van der Waals surface area contributed by atoms with Crippen LogP contribution in [0.15, 0.2) is 48.5 Å². The molecule has 0 N–H and O–H groups in total. The van der Waals surface area contributed by atoms with E-state index >= 15 is 0 Å². The van der Waals surface area contributed by atoms with Gasteiger partial charge in [0.05, 0.1) is 14.2 Å². The molecular weight excluding hydrogens is 350 g/mol. The van der Waals surface area contributed by atoms with Crippen molar-refractivity contribution in [3.8, 4) is 11.5 Å². The monoisotopic (exact) mass is 383 g/mol. The van der Waals surface area contributed by atoms with Crippen LogP contribution in [0.2, 0.25) is 0 Å². The molecule has 152 valence electrons. The van der Waals surface area contributed by atoms with Gasteiger partial charge in [-0.15, -0.1) is 0 Å². The summed E-state index contributed by atoms with van der Waals surface area (Å²) < 4.78 is 10.5. The van der Waals surface area contributed by atoms with Crippen LogP contribution in [-0.4, -0.2) is 31.6 Å². The lowest BCUT2D eigenvalue weighted by atomic mass is 9.85. The predicted molar refractivity (Wildman–Crippen MR) is 114 cm³/mol. The maximum absolute atomic E-state index is 12.5. The average Bonchev–Trinajstić information content (AvgIpc) is 2.73. The van der Waals surface area contributed by atoms with E-state index in [9.17, 15) is 4.79 Å². The molecule has 0 bridgehead atoms. The van der Waals surface area contributed by atoms with Crippen LogP contribution >= 0.6 is 0 Å². The highest BCUT2D eigenvalue weighted by Gasteiger charge is 2.19. The van der Waals surface area contributed by atoms with Gasteiger partial charge in [0.1, 0.15) is 11.5 Å². The van der Waals surface area contributed by atoms with Gasteiger partial charge in [-0.05, 0) is 53.6 Å². The second-order valence-corrected chi connectivity index (χ2v) is 7.43. The Morgan fingerprint density at radius 2 is 1.46 bits per heavy atom. The standard InChI is InChI=1S/C24H33NO3/c1-6-24(26)25(17-19-7-11-21(27-4)12-8-19)16-15-23(18(2)3)20-9-13-22(28-5)14-10-20/h7-14,18,23H,6,15-17H2,1-5H3. The number of carbonyl (C=O) groups is 1. The third kappa shape index (κ3) is 6.01. The first-order valence-electron chi connectivity index (χ1n) is 10.0. The molecule has 0 fully saturated rings. The molecule has 0 aliphatic rings. The molecule has 4 nitrogen and oxygen atoms in total. The molecule has 1 unspecified atom stereocenters. The summed E-state index contributed by atoms with van der Waals surface area (Å²) in [5, 5.41) is 0. The summed E-state index contributed by atoms with van der Waals surface area (Å²) >= 11 is 0. The molecule has 1 atom stereocenters. The number of methoxy groups -OCH3 is 2. The fourth-order valence-corrected chi connectivity index (χ4v) is 3.50. The summed E-state index contributed by atoms with van der Waals surface area (Å²) in [4.78, 5) is 14.5. The molecule has 28 heavy (non-hydrogen) atoms. The van der Waals surface area contributed by atoms with E-state index in [1.54, 1.807) is 14.2 Å². The van der Waals surface area contributed by atoms with Crippen molar-refractivity contribution in [3.63, 3.8) is 0 Å². The van der Waals surface area contributed by atoms with Crippen LogP contribution in [0.25, 0.3) is 0 Å².